The summed E-state index contributed by atoms with van der Waals surface area (Å²) in [6, 6.07) is 3.80. The molecule has 0 aliphatic heterocycles. The lowest BCUT2D eigenvalue weighted by molar-refractivity contribution is 0.746. The summed E-state index contributed by atoms with van der Waals surface area (Å²) in [6.07, 6.45) is 6.62. The first kappa shape index (κ1) is 11.7. The Kier molecular flexibility index (Phi) is 2.91. The molecule has 0 atom stereocenters. The fourth-order valence-electron chi connectivity index (χ4n) is 2.13. The Morgan fingerprint density at radius 2 is 2.21 bits per heavy atom. The third-order valence-electron chi connectivity index (χ3n) is 3.04. The molecular formula is C13H16N6. The Labute approximate surface area is 111 Å². The highest BCUT2D eigenvalue weighted by Crippen LogP contribution is 2.11. The minimum Gasteiger partial charge on any atom is -0.366 e. The number of hydrogen-bond acceptors (Lipinski definition) is 4. The lowest BCUT2D eigenvalue weighted by Crippen LogP contribution is -2.03. The zero-order valence-corrected chi connectivity index (χ0v) is 11.0. The molecule has 0 saturated carbocycles. The first-order valence-electron chi connectivity index (χ1n) is 6.32. The van der Waals surface area contributed by atoms with Gasteiger partial charge in [0.1, 0.15) is 5.82 Å². The average Bonchev–Trinajstić information content (AvgIpc) is 3.01. The third kappa shape index (κ3) is 2.29. The SMILES string of the molecule is CCc1nn(C)cc1CNc1ccn2nccc2n1. The van der Waals surface area contributed by atoms with Gasteiger partial charge in [-0.25, -0.2) is 9.50 Å². The van der Waals surface area contributed by atoms with Crippen molar-refractivity contribution in [1.29, 1.82) is 0 Å². The Hall–Kier alpha value is -2.37. The number of anilines is 1. The van der Waals surface area contributed by atoms with Crippen molar-refractivity contribution in [1.82, 2.24) is 24.4 Å². The van der Waals surface area contributed by atoms with E-state index in [1.165, 1.54) is 5.56 Å². The average molecular weight is 256 g/mol. The van der Waals surface area contributed by atoms with Gasteiger partial charge in [-0.05, 0) is 12.5 Å². The van der Waals surface area contributed by atoms with E-state index < -0.39 is 0 Å². The summed E-state index contributed by atoms with van der Waals surface area (Å²) >= 11 is 0. The molecule has 0 unspecified atom stereocenters. The van der Waals surface area contributed by atoms with Gasteiger partial charge in [-0.2, -0.15) is 10.2 Å². The highest BCUT2D eigenvalue weighted by Gasteiger charge is 2.06. The molecular weight excluding hydrogens is 240 g/mol. The van der Waals surface area contributed by atoms with Crippen LogP contribution in [0.5, 0.6) is 0 Å². The van der Waals surface area contributed by atoms with Crippen LogP contribution in [-0.4, -0.2) is 24.4 Å². The van der Waals surface area contributed by atoms with Crippen LogP contribution in [0, 0.1) is 0 Å². The molecule has 0 saturated heterocycles. The Morgan fingerprint density at radius 1 is 1.32 bits per heavy atom. The van der Waals surface area contributed by atoms with Crippen LogP contribution in [0.1, 0.15) is 18.2 Å². The molecule has 0 aliphatic rings. The second-order valence-electron chi connectivity index (χ2n) is 4.43. The normalized spacial score (nSPS) is 11.1. The minimum atomic E-state index is 0.730. The van der Waals surface area contributed by atoms with Crippen molar-refractivity contribution in [2.24, 2.45) is 7.05 Å². The highest BCUT2D eigenvalue weighted by molar-refractivity contribution is 5.45. The summed E-state index contributed by atoms with van der Waals surface area (Å²) in [4.78, 5) is 4.47. The summed E-state index contributed by atoms with van der Waals surface area (Å²) in [5, 5.41) is 11.9. The van der Waals surface area contributed by atoms with Crippen LogP contribution < -0.4 is 5.32 Å². The van der Waals surface area contributed by atoms with E-state index >= 15 is 0 Å². The van der Waals surface area contributed by atoms with Gasteiger partial charge in [-0.3, -0.25) is 4.68 Å². The van der Waals surface area contributed by atoms with Crippen LogP contribution in [-0.2, 0) is 20.0 Å². The molecule has 0 fully saturated rings. The Bertz CT molecular complexity index is 696. The molecule has 0 amide bonds. The quantitative estimate of drug-likeness (QED) is 0.771. The number of aromatic nitrogens is 5. The van der Waals surface area contributed by atoms with Gasteiger partial charge in [0.25, 0.3) is 0 Å². The summed E-state index contributed by atoms with van der Waals surface area (Å²) in [5.41, 5.74) is 3.17. The van der Waals surface area contributed by atoms with E-state index in [1.807, 2.05) is 36.3 Å². The molecule has 6 nitrogen and oxygen atoms in total. The van der Waals surface area contributed by atoms with E-state index in [9.17, 15) is 0 Å². The molecule has 3 heterocycles. The molecule has 0 radical (unpaired) electrons. The Balaban J connectivity index is 1.77. The van der Waals surface area contributed by atoms with Crippen molar-refractivity contribution < 1.29 is 0 Å². The highest BCUT2D eigenvalue weighted by atomic mass is 15.3. The van der Waals surface area contributed by atoms with Crippen molar-refractivity contribution >= 4 is 11.5 Å². The van der Waals surface area contributed by atoms with E-state index in [0.717, 1.165) is 30.1 Å². The van der Waals surface area contributed by atoms with Gasteiger partial charge >= 0.3 is 0 Å². The molecule has 0 aliphatic carbocycles. The summed E-state index contributed by atoms with van der Waals surface area (Å²) in [7, 11) is 1.94. The van der Waals surface area contributed by atoms with Crippen LogP contribution in [0.4, 0.5) is 5.82 Å². The van der Waals surface area contributed by atoms with E-state index in [4.69, 9.17) is 0 Å². The molecule has 3 rings (SSSR count). The molecule has 0 bridgehead atoms. The van der Waals surface area contributed by atoms with Crippen LogP contribution >= 0.6 is 0 Å². The topological polar surface area (TPSA) is 60.0 Å². The largest absolute Gasteiger partial charge is 0.366 e. The zero-order chi connectivity index (χ0) is 13.2. The first-order chi connectivity index (χ1) is 9.26. The minimum absolute atomic E-state index is 0.730. The fraction of sp³-hybridized carbons (Fsp3) is 0.308. The summed E-state index contributed by atoms with van der Waals surface area (Å²) in [6.45, 7) is 2.84. The number of rotatable bonds is 4. The van der Waals surface area contributed by atoms with Crippen molar-refractivity contribution in [3.05, 3.63) is 42.0 Å². The van der Waals surface area contributed by atoms with Gasteiger partial charge < -0.3 is 5.32 Å². The molecule has 3 aromatic heterocycles. The van der Waals surface area contributed by atoms with Gasteiger partial charge in [0, 0.05) is 37.6 Å². The predicted octanol–water partition coefficient (Wildman–Crippen LogP) is 1.64. The zero-order valence-electron chi connectivity index (χ0n) is 11.0. The molecule has 6 heteroatoms. The molecule has 0 spiro atoms. The van der Waals surface area contributed by atoms with Crippen molar-refractivity contribution in [3.63, 3.8) is 0 Å². The van der Waals surface area contributed by atoms with Crippen LogP contribution in [0.25, 0.3) is 5.65 Å². The monoisotopic (exact) mass is 256 g/mol. The second-order valence-corrected chi connectivity index (χ2v) is 4.43. The maximum absolute atomic E-state index is 4.47. The lowest BCUT2D eigenvalue weighted by Gasteiger charge is -2.05. The number of nitrogens with zero attached hydrogens (tertiary/aromatic N) is 5. The van der Waals surface area contributed by atoms with Gasteiger partial charge in [-0.1, -0.05) is 6.92 Å². The standard InChI is InChI=1S/C13H16N6/c1-3-11-10(9-18(2)17-11)8-14-12-5-7-19-13(16-12)4-6-15-19/h4-7,9H,3,8H2,1-2H3,(H,14,16). The van der Waals surface area contributed by atoms with Gasteiger partial charge in [0.2, 0.25) is 0 Å². The number of fused-ring (bicyclic) bond motifs is 1. The van der Waals surface area contributed by atoms with Crippen LogP contribution in [0.2, 0.25) is 0 Å². The van der Waals surface area contributed by atoms with Crippen LogP contribution in [0.15, 0.2) is 30.7 Å². The smallest absolute Gasteiger partial charge is 0.157 e. The first-order valence-corrected chi connectivity index (χ1v) is 6.32. The van der Waals surface area contributed by atoms with Crippen LogP contribution in [0.3, 0.4) is 0 Å². The van der Waals surface area contributed by atoms with Crippen molar-refractivity contribution in [2.45, 2.75) is 19.9 Å². The molecule has 1 N–H and O–H groups in total. The summed E-state index contributed by atoms with van der Waals surface area (Å²) < 4.78 is 3.59. The van der Waals surface area contributed by atoms with E-state index in [-0.39, 0.29) is 0 Å². The lowest BCUT2D eigenvalue weighted by atomic mass is 10.2. The van der Waals surface area contributed by atoms with Crippen molar-refractivity contribution in [2.75, 3.05) is 5.32 Å². The number of nitrogens with one attached hydrogen (secondary N) is 1. The molecule has 3 aromatic rings. The predicted molar refractivity (Wildman–Crippen MR) is 72.9 cm³/mol. The summed E-state index contributed by atoms with van der Waals surface area (Å²) in [5.74, 6) is 0.846. The van der Waals surface area contributed by atoms with Crippen molar-refractivity contribution in [3.8, 4) is 0 Å². The third-order valence-corrected chi connectivity index (χ3v) is 3.04. The van der Waals surface area contributed by atoms with E-state index in [1.54, 1.807) is 10.7 Å². The molecule has 19 heavy (non-hydrogen) atoms. The second kappa shape index (κ2) is 4.72. The van der Waals surface area contributed by atoms with E-state index in [2.05, 4.69) is 27.4 Å². The molecule has 98 valence electrons. The number of hydrogen-bond donors (Lipinski definition) is 1. The van der Waals surface area contributed by atoms with Gasteiger partial charge in [0.05, 0.1) is 11.9 Å². The molecule has 0 aromatic carbocycles. The fourth-order valence-corrected chi connectivity index (χ4v) is 2.13. The van der Waals surface area contributed by atoms with E-state index in [0.29, 0.717) is 0 Å². The maximum Gasteiger partial charge on any atom is 0.157 e. The maximum atomic E-state index is 4.47. The van der Waals surface area contributed by atoms with Gasteiger partial charge in [-0.15, -0.1) is 0 Å². The Morgan fingerprint density at radius 3 is 3.05 bits per heavy atom. The van der Waals surface area contributed by atoms with Gasteiger partial charge in [0.15, 0.2) is 5.65 Å². The number of aryl methyl sites for hydroxylation is 2.